The predicted molar refractivity (Wildman–Crippen MR) is 93.3 cm³/mol. The van der Waals surface area contributed by atoms with Crippen molar-refractivity contribution in [2.45, 2.75) is 26.4 Å². The zero-order valence-corrected chi connectivity index (χ0v) is 13.8. The van der Waals surface area contributed by atoms with E-state index in [1.807, 2.05) is 55.5 Å². The van der Waals surface area contributed by atoms with Gasteiger partial charge in [-0.2, -0.15) is 0 Å². The van der Waals surface area contributed by atoms with Crippen LogP contribution >= 0.6 is 0 Å². The molecule has 0 fully saturated rings. The van der Waals surface area contributed by atoms with E-state index >= 15 is 0 Å². The molecule has 1 atom stereocenters. The maximum absolute atomic E-state index is 12.4. The van der Waals surface area contributed by atoms with Crippen LogP contribution in [0.1, 0.15) is 18.9 Å². The van der Waals surface area contributed by atoms with E-state index in [0.717, 1.165) is 11.3 Å². The van der Waals surface area contributed by atoms with Crippen LogP contribution in [0.25, 0.3) is 0 Å². The van der Waals surface area contributed by atoms with Crippen molar-refractivity contribution < 1.29 is 14.3 Å². The van der Waals surface area contributed by atoms with Gasteiger partial charge in [0.25, 0.3) is 5.91 Å². The van der Waals surface area contributed by atoms with E-state index in [4.69, 9.17) is 4.74 Å². The Morgan fingerprint density at radius 2 is 1.88 bits per heavy atom. The summed E-state index contributed by atoms with van der Waals surface area (Å²) < 4.78 is 5.60. The highest BCUT2D eigenvalue weighted by Gasteiger charge is 2.31. The lowest BCUT2D eigenvalue weighted by Gasteiger charge is -2.32. The number of ether oxygens (including phenoxy) is 1. The van der Waals surface area contributed by atoms with Gasteiger partial charge in [-0.1, -0.05) is 29.8 Å². The largest absolute Gasteiger partial charge is 0.479 e. The van der Waals surface area contributed by atoms with Crippen LogP contribution in [0.4, 0.5) is 11.4 Å². The molecule has 0 radical (unpaired) electrons. The van der Waals surface area contributed by atoms with Gasteiger partial charge in [0.15, 0.2) is 6.10 Å². The maximum Gasteiger partial charge on any atom is 0.267 e. The third-order valence-electron chi connectivity index (χ3n) is 3.97. The van der Waals surface area contributed by atoms with Crippen LogP contribution in [0, 0.1) is 6.92 Å². The minimum absolute atomic E-state index is 0.122. The molecule has 1 aliphatic rings. The molecular weight excluding hydrogens is 304 g/mol. The van der Waals surface area contributed by atoms with E-state index in [1.54, 1.807) is 11.8 Å². The van der Waals surface area contributed by atoms with Crippen molar-refractivity contribution in [3.63, 3.8) is 0 Å². The Labute approximate surface area is 141 Å². The molecule has 0 aromatic heterocycles. The summed E-state index contributed by atoms with van der Waals surface area (Å²) in [6.07, 6.45) is -0.319. The molecule has 2 aromatic rings. The Hall–Kier alpha value is -2.82. The SMILES string of the molecule is Cc1ccc(NC(=O)CCN2C(=O)C(C)Oc3ccccc32)cc1. The van der Waals surface area contributed by atoms with Gasteiger partial charge >= 0.3 is 0 Å². The number of nitrogens with one attached hydrogen (secondary N) is 1. The summed E-state index contributed by atoms with van der Waals surface area (Å²) >= 11 is 0. The van der Waals surface area contributed by atoms with Crippen molar-refractivity contribution in [2.24, 2.45) is 0 Å². The molecular formula is C19H20N2O3. The molecule has 1 unspecified atom stereocenters. The predicted octanol–water partition coefficient (Wildman–Crippen LogP) is 3.14. The first kappa shape index (κ1) is 16.1. The highest BCUT2D eigenvalue weighted by Crippen LogP contribution is 2.33. The summed E-state index contributed by atoms with van der Waals surface area (Å²) in [6, 6.07) is 15.0. The molecule has 0 aliphatic carbocycles. The van der Waals surface area contributed by atoms with Gasteiger partial charge in [0, 0.05) is 18.7 Å². The first-order valence-corrected chi connectivity index (χ1v) is 7.98. The molecule has 0 saturated heterocycles. The van der Waals surface area contributed by atoms with Crippen LogP contribution in [0.5, 0.6) is 5.75 Å². The van der Waals surface area contributed by atoms with Gasteiger partial charge < -0.3 is 15.0 Å². The number of nitrogens with zero attached hydrogens (tertiary/aromatic N) is 1. The molecule has 0 bridgehead atoms. The lowest BCUT2D eigenvalue weighted by atomic mass is 10.1. The fraction of sp³-hybridized carbons (Fsp3) is 0.263. The summed E-state index contributed by atoms with van der Waals surface area (Å²) in [5.74, 6) is 0.420. The first-order chi connectivity index (χ1) is 11.5. The number of aryl methyl sites for hydroxylation is 1. The Bertz CT molecular complexity index is 755. The monoisotopic (exact) mass is 324 g/mol. The van der Waals surface area contributed by atoms with Gasteiger partial charge in [0.1, 0.15) is 5.75 Å². The molecule has 5 heteroatoms. The minimum Gasteiger partial charge on any atom is -0.479 e. The maximum atomic E-state index is 12.4. The Balaban J connectivity index is 1.66. The second-order valence-corrected chi connectivity index (χ2v) is 5.88. The number of benzene rings is 2. The van der Waals surface area contributed by atoms with E-state index in [2.05, 4.69) is 5.32 Å². The van der Waals surface area contributed by atoms with E-state index in [0.29, 0.717) is 18.0 Å². The van der Waals surface area contributed by atoms with Gasteiger partial charge in [-0.25, -0.2) is 0 Å². The fourth-order valence-electron chi connectivity index (χ4n) is 2.66. The second kappa shape index (κ2) is 6.74. The molecule has 2 aromatic carbocycles. The average molecular weight is 324 g/mol. The molecule has 124 valence electrons. The molecule has 0 spiro atoms. The molecule has 5 nitrogen and oxygen atoms in total. The van der Waals surface area contributed by atoms with E-state index in [-0.39, 0.29) is 18.2 Å². The van der Waals surface area contributed by atoms with E-state index in [1.165, 1.54) is 0 Å². The number of anilines is 2. The third kappa shape index (κ3) is 3.40. The molecule has 3 rings (SSSR count). The summed E-state index contributed by atoms with van der Waals surface area (Å²) in [7, 11) is 0. The van der Waals surface area contributed by atoms with Crippen LogP contribution in [0.2, 0.25) is 0 Å². The van der Waals surface area contributed by atoms with Gasteiger partial charge in [0.2, 0.25) is 5.91 Å². The summed E-state index contributed by atoms with van der Waals surface area (Å²) in [5, 5.41) is 2.85. The zero-order chi connectivity index (χ0) is 17.1. The minimum atomic E-state index is -0.542. The molecule has 1 aliphatic heterocycles. The highest BCUT2D eigenvalue weighted by atomic mass is 16.5. The smallest absolute Gasteiger partial charge is 0.267 e. The van der Waals surface area contributed by atoms with Crippen LogP contribution in [-0.4, -0.2) is 24.5 Å². The zero-order valence-electron chi connectivity index (χ0n) is 13.8. The van der Waals surface area contributed by atoms with Crippen molar-refractivity contribution >= 4 is 23.2 Å². The number of hydrogen-bond donors (Lipinski definition) is 1. The van der Waals surface area contributed by atoms with E-state index in [9.17, 15) is 9.59 Å². The average Bonchev–Trinajstić information content (AvgIpc) is 2.57. The topological polar surface area (TPSA) is 58.6 Å². The van der Waals surface area contributed by atoms with Crippen molar-refractivity contribution in [1.82, 2.24) is 0 Å². The van der Waals surface area contributed by atoms with E-state index < -0.39 is 6.10 Å². The number of carbonyl (C=O) groups excluding carboxylic acids is 2. The number of fused-ring (bicyclic) bond motifs is 1. The summed E-state index contributed by atoms with van der Waals surface area (Å²) in [5.41, 5.74) is 2.61. The molecule has 24 heavy (non-hydrogen) atoms. The van der Waals surface area contributed by atoms with Gasteiger partial charge in [0.05, 0.1) is 5.69 Å². The second-order valence-electron chi connectivity index (χ2n) is 5.88. The molecule has 1 heterocycles. The van der Waals surface area contributed by atoms with Crippen molar-refractivity contribution in [1.29, 1.82) is 0 Å². The van der Waals surface area contributed by atoms with Crippen LogP contribution < -0.4 is 15.0 Å². The lowest BCUT2D eigenvalue weighted by Crippen LogP contribution is -2.45. The number of hydrogen-bond acceptors (Lipinski definition) is 3. The van der Waals surface area contributed by atoms with Crippen LogP contribution in [-0.2, 0) is 9.59 Å². The first-order valence-electron chi connectivity index (χ1n) is 7.98. The van der Waals surface area contributed by atoms with Crippen molar-refractivity contribution in [3.05, 3.63) is 54.1 Å². The Morgan fingerprint density at radius 3 is 2.62 bits per heavy atom. The number of rotatable bonds is 4. The van der Waals surface area contributed by atoms with Crippen molar-refractivity contribution in [2.75, 3.05) is 16.8 Å². The number of amides is 2. The number of carbonyl (C=O) groups is 2. The van der Waals surface area contributed by atoms with Gasteiger partial charge in [-0.3, -0.25) is 9.59 Å². The Kier molecular flexibility index (Phi) is 4.51. The molecule has 0 saturated carbocycles. The lowest BCUT2D eigenvalue weighted by molar-refractivity contribution is -0.125. The normalized spacial score (nSPS) is 16.3. The summed E-state index contributed by atoms with van der Waals surface area (Å²) in [4.78, 5) is 26.1. The molecule has 2 amide bonds. The van der Waals surface area contributed by atoms with Crippen molar-refractivity contribution in [3.8, 4) is 5.75 Å². The third-order valence-corrected chi connectivity index (χ3v) is 3.97. The quantitative estimate of drug-likeness (QED) is 0.940. The van der Waals surface area contributed by atoms with Gasteiger partial charge in [-0.05, 0) is 38.1 Å². The van der Waals surface area contributed by atoms with Crippen LogP contribution in [0.15, 0.2) is 48.5 Å². The number of para-hydroxylation sites is 2. The summed E-state index contributed by atoms with van der Waals surface area (Å²) in [6.45, 7) is 4.03. The standard InChI is InChI=1S/C19H20N2O3/c1-13-7-9-15(10-8-13)20-18(22)11-12-21-16-5-3-4-6-17(16)24-14(2)19(21)23/h3-10,14H,11-12H2,1-2H3,(H,20,22). The Morgan fingerprint density at radius 1 is 1.17 bits per heavy atom. The fourth-order valence-corrected chi connectivity index (χ4v) is 2.66. The highest BCUT2D eigenvalue weighted by molar-refractivity contribution is 6.00. The van der Waals surface area contributed by atoms with Gasteiger partial charge in [-0.15, -0.1) is 0 Å². The van der Waals surface area contributed by atoms with Crippen LogP contribution in [0.3, 0.4) is 0 Å². The molecule has 1 N–H and O–H groups in total.